The first-order valence-corrected chi connectivity index (χ1v) is 12.5. The molecule has 0 spiro atoms. The Morgan fingerprint density at radius 3 is 2.76 bits per heavy atom. The van der Waals surface area contributed by atoms with Gasteiger partial charge in [-0.1, -0.05) is 17.7 Å². The van der Waals surface area contributed by atoms with Crippen LogP contribution in [0.15, 0.2) is 42.7 Å². The van der Waals surface area contributed by atoms with Crippen molar-refractivity contribution < 1.29 is 9.84 Å². The fourth-order valence-corrected chi connectivity index (χ4v) is 4.86. The SMILES string of the molecule is CNCC(O)COc1ccc(Cl)c(-c2nc(-c3c(C)cnn3C)c(C)c(N3Cc4cccnc4C3)n2)c1. The average molecular weight is 520 g/mol. The maximum atomic E-state index is 10.1. The summed E-state index contributed by atoms with van der Waals surface area (Å²) in [5.74, 6) is 1.90. The van der Waals surface area contributed by atoms with Gasteiger partial charge in [-0.15, -0.1) is 0 Å². The van der Waals surface area contributed by atoms with Crippen molar-refractivity contribution in [3.63, 3.8) is 0 Å². The van der Waals surface area contributed by atoms with Gasteiger partial charge in [-0.2, -0.15) is 5.10 Å². The number of anilines is 1. The summed E-state index contributed by atoms with van der Waals surface area (Å²) in [6.45, 7) is 6.03. The Kier molecular flexibility index (Phi) is 7.10. The normalized spacial score (nSPS) is 13.6. The van der Waals surface area contributed by atoms with Crippen LogP contribution in [0.5, 0.6) is 5.75 Å². The van der Waals surface area contributed by atoms with Crippen molar-refractivity contribution in [1.82, 2.24) is 30.0 Å². The summed E-state index contributed by atoms with van der Waals surface area (Å²) in [7, 11) is 3.70. The zero-order valence-corrected chi connectivity index (χ0v) is 22.1. The average Bonchev–Trinajstić information content (AvgIpc) is 3.46. The van der Waals surface area contributed by atoms with Crippen LogP contribution >= 0.6 is 11.6 Å². The first kappa shape index (κ1) is 25.1. The molecule has 9 nitrogen and oxygen atoms in total. The third-order valence-electron chi connectivity index (χ3n) is 6.51. The standard InChI is InChI=1S/C27H30ClN7O2/c1-16-11-31-34(4)25(16)24-17(2)27(35-13-18-6-5-9-30-23(18)14-35)33-26(32-24)21-10-20(7-8-22(21)28)37-15-19(36)12-29-3/h5-11,19,29,36H,12-15H2,1-4H3. The lowest BCUT2D eigenvalue weighted by Gasteiger charge is -2.22. The summed E-state index contributed by atoms with van der Waals surface area (Å²) in [4.78, 5) is 16.8. The second-order valence-corrected chi connectivity index (χ2v) is 9.68. The van der Waals surface area contributed by atoms with E-state index in [1.54, 1.807) is 19.2 Å². The zero-order chi connectivity index (χ0) is 26.1. The lowest BCUT2D eigenvalue weighted by Crippen LogP contribution is -2.29. The molecule has 10 heteroatoms. The highest BCUT2D eigenvalue weighted by atomic mass is 35.5. The van der Waals surface area contributed by atoms with Gasteiger partial charge >= 0.3 is 0 Å². The maximum absolute atomic E-state index is 10.1. The molecule has 2 N–H and O–H groups in total. The van der Waals surface area contributed by atoms with Crippen molar-refractivity contribution in [3.05, 3.63) is 70.1 Å². The van der Waals surface area contributed by atoms with E-state index in [9.17, 15) is 5.11 Å². The Balaban J connectivity index is 1.60. The molecule has 0 bridgehead atoms. The fraction of sp³-hybridized carbons (Fsp3) is 0.333. The molecule has 1 unspecified atom stereocenters. The number of aryl methyl sites for hydroxylation is 2. The monoisotopic (exact) mass is 519 g/mol. The van der Waals surface area contributed by atoms with Gasteiger partial charge in [-0.3, -0.25) is 9.67 Å². The summed E-state index contributed by atoms with van der Waals surface area (Å²) >= 11 is 6.67. The number of halogens is 1. The number of benzene rings is 1. The minimum absolute atomic E-state index is 0.153. The molecule has 37 heavy (non-hydrogen) atoms. The molecule has 0 aliphatic carbocycles. The predicted octanol–water partition coefficient (Wildman–Crippen LogP) is 3.69. The summed E-state index contributed by atoms with van der Waals surface area (Å²) in [6.07, 6.45) is 3.03. The van der Waals surface area contributed by atoms with Gasteiger partial charge in [0.05, 0.1) is 34.8 Å². The topological polar surface area (TPSA) is 101 Å². The van der Waals surface area contributed by atoms with Gasteiger partial charge in [0.15, 0.2) is 5.82 Å². The third kappa shape index (κ3) is 5.02. The van der Waals surface area contributed by atoms with E-state index in [4.69, 9.17) is 26.3 Å². The highest BCUT2D eigenvalue weighted by Gasteiger charge is 2.27. The number of aromatic nitrogens is 5. The maximum Gasteiger partial charge on any atom is 0.163 e. The number of hydrogen-bond acceptors (Lipinski definition) is 8. The summed E-state index contributed by atoms with van der Waals surface area (Å²) < 4.78 is 7.67. The van der Waals surface area contributed by atoms with Crippen LogP contribution in [-0.2, 0) is 20.1 Å². The van der Waals surface area contributed by atoms with Crippen molar-refractivity contribution in [2.24, 2.45) is 7.05 Å². The van der Waals surface area contributed by atoms with E-state index in [-0.39, 0.29) is 6.61 Å². The summed E-state index contributed by atoms with van der Waals surface area (Å²) in [5.41, 5.74) is 6.60. The van der Waals surface area contributed by atoms with Gasteiger partial charge in [0.25, 0.3) is 0 Å². The number of nitrogens with zero attached hydrogens (tertiary/aromatic N) is 6. The van der Waals surface area contributed by atoms with E-state index >= 15 is 0 Å². The second kappa shape index (κ2) is 10.5. The molecule has 0 fully saturated rings. The Labute approximate surface area is 221 Å². The molecular weight excluding hydrogens is 490 g/mol. The predicted molar refractivity (Wildman–Crippen MR) is 144 cm³/mol. The second-order valence-electron chi connectivity index (χ2n) is 9.27. The largest absolute Gasteiger partial charge is 0.491 e. The van der Waals surface area contributed by atoms with Crippen molar-refractivity contribution >= 4 is 17.4 Å². The van der Waals surface area contributed by atoms with Crippen molar-refractivity contribution in [2.75, 3.05) is 25.1 Å². The molecule has 4 aromatic rings. The highest BCUT2D eigenvalue weighted by Crippen LogP contribution is 2.37. The number of rotatable bonds is 8. The molecule has 1 atom stereocenters. The van der Waals surface area contributed by atoms with Gasteiger partial charge in [0.1, 0.15) is 24.3 Å². The van der Waals surface area contributed by atoms with Crippen LogP contribution in [0.3, 0.4) is 0 Å². The van der Waals surface area contributed by atoms with Crippen LogP contribution in [-0.4, -0.2) is 56.1 Å². The molecule has 4 heterocycles. The van der Waals surface area contributed by atoms with Crippen molar-refractivity contribution in [2.45, 2.75) is 33.0 Å². The summed E-state index contributed by atoms with van der Waals surface area (Å²) in [5, 5.41) is 17.9. The van der Waals surface area contributed by atoms with E-state index in [2.05, 4.69) is 26.4 Å². The van der Waals surface area contributed by atoms with Gasteiger partial charge < -0.3 is 20.1 Å². The number of hydrogen-bond donors (Lipinski definition) is 2. The molecule has 5 rings (SSSR count). The molecule has 0 radical (unpaired) electrons. The van der Waals surface area contributed by atoms with E-state index in [0.717, 1.165) is 34.0 Å². The van der Waals surface area contributed by atoms with E-state index in [1.165, 1.54) is 5.56 Å². The summed E-state index contributed by atoms with van der Waals surface area (Å²) in [6, 6.07) is 9.44. The number of pyridine rings is 1. The molecule has 1 aliphatic heterocycles. The molecule has 3 aromatic heterocycles. The van der Waals surface area contributed by atoms with Gasteiger partial charge in [0.2, 0.25) is 0 Å². The Bertz CT molecular complexity index is 1390. The number of ether oxygens (including phenoxy) is 1. The van der Waals surface area contributed by atoms with E-state index in [0.29, 0.717) is 41.8 Å². The van der Waals surface area contributed by atoms with Crippen molar-refractivity contribution in [3.8, 4) is 28.5 Å². The number of nitrogens with one attached hydrogen (secondary N) is 1. The molecule has 0 saturated heterocycles. The van der Waals surface area contributed by atoms with Crippen molar-refractivity contribution in [1.29, 1.82) is 0 Å². The smallest absolute Gasteiger partial charge is 0.163 e. The Morgan fingerprint density at radius 1 is 1.19 bits per heavy atom. The first-order valence-electron chi connectivity index (χ1n) is 12.2. The van der Waals surface area contributed by atoms with Crippen LogP contribution in [0.2, 0.25) is 5.02 Å². The lowest BCUT2D eigenvalue weighted by atomic mass is 10.1. The van der Waals surface area contributed by atoms with E-state index in [1.807, 2.05) is 50.1 Å². The quantitative estimate of drug-likeness (QED) is 0.363. The van der Waals surface area contributed by atoms with Crippen LogP contribution in [0.1, 0.15) is 22.4 Å². The van der Waals surface area contributed by atoms with Crippen LogP contribution in [0.25, 0.3) is 22.8 Å². The van der Waals surface area contributed by atoms with Crippen LogP contribution < -0.4 is 15.0 Å². The number of aliphatic hydroxyl groups is 1. The fourth-order valence-electron chi connectivity index (χ4n) is 4.65. The van der Waals surface area contributed by atoms with E-state index < -0.39 is 6.10 Å². The van der Waals surface area contributed by atoms with Gasteiger partial charge in [0, 0.05) is 37.5 Å². The van der Waals surface area contributed by atoms with Crippen LogP contribution in [0, 0.1) is 13.8 Å². The molecular formula is C27H30ClN7O2. The third-order valence-corrected chi connectivity index (χ3v) is 6.84. The van der Waals surface area contributed by atoms with Crippen LogP contribution in [0.4, 0.5) is 5.82 Å². The van der Waals surface area contributed by atoms with Gasteiger partial charge in [-0.25, -0.2) is 9.97 Å². The molecule has 0 saturated carbocycles. The molecule has 1 aromatic carbocycles. The number of aliphatic hydroxyl groups excluding tert-OH is 1. The minimum atomic E-state index is -0.629. The first-order chi connectivity index (χ1) is 17.9. The molecule has 1 aliphatic rings. The Morgan fingerprint density at radius 2 is 2.03 bits per heavy atom. The van der Waals surface area contributed by atoms with Gasteiger partial charge in [-0.05, 0) is 56.3 Å². The zero-order valence-electron chi connectivity index (χ0n) is 21.4. The minimum Gasteiger partial charge on any atom is -0.491 e. The molecule has 192 valence electrons. The molecule has 0 amide bonds. The number of fused-ring (bicyclic) bond motifs is 1. The lowest BCUT2D eigenvalue weighted by molar-refractivity contribution is 0.108. The Hall–Kier alpha value is -3.53. The number of likely N-dealkylation sites (N-methyl/N-ethyl adjacent to an activating group) is 1. The highest BCUT2D eigenvalue weighted by molar-refractivity contribution is 6.33.